The molecule has 0 N–H and O–H groups in total. The molecule has 0 saturated carbocycles. The molecule has 1 heteroatoms. The van der Waals surface area contributed by atoms with Gasteiger partial charge in [0, 0.05) is 23.0 Å². The van der Waals surface area contributed by atoms with Crippen LogP contribution in [0.5, 0.6) is 0 Å². The van der Waals surface area contributed by atoms with Gasteiger partial charge < -0.3 is 4.90 Å². The molecule has 0 amide bonds. The summed E-state index contributed by atoms with van der Waals surface area (Å²) in [5, 5.41) is 2.64. The third-order valence-corrected chi connectivity index (χ3v) is 4.21. The van der Waals surface area contributed by atoms with Crippen LogP contribution in [0.2, 0.25) is 0 Å². The molecule has 1 aliphatic rings. The molecule has 0 aromatic heterocycles. The van der Waals surface area contributed by atoms with Crippen LogP contribution in [0.4, 0.5) is 5.69 Å². The Morgan fingerprint density at radius 3 is 2.56 bits per heavy atom. The van der Waals surface area contributed by atoms with E-state index in [9.17, 15) is 0 Å². The number of fused-ring (bicyclic) bond motifs is 3. The normalized spacial score (nSPS) is 17.3. The summed E-state index contributed by atoms with van der Waals surface area (Å²) >= 11 is 0. The highest BCUT2D eigenvalue weighted by atomic mass is 15.2. The first-order valence-electron chi connectivity index (χ1n) is 6.56. The third-order valence-electron chi connectivity index (χ3n) is 4.21. The van der Waals surface area contributed by atoms with Crippen molar-refractivity contribution < 1.29 is 0 Å². The van der Waals surface area contributed by atoms with Crippen LogP contribution in [0, 0.1) is 0 Å². The van der Waals surface area contributed by atoms with Crippen molar-refractivity contribution >= 4 is 16.5 Å². The van der Waals surface area contributed by atoms with E-state index < -0.39 is 0 Å². The van der Waals surface area contributed by atoms with Gasteiger partial charge in [0.05, 0.1) is 5.69 Å². The first-order chi connectivity index (χ1) is 8.57. The zero-order chi connectivity index (χ0) is 12.9. The van der Waals surface area contributed by atoms with Crippen molar-refractivity contribution in [1.82, 2.24) is 0 Å². The zero-order valence-corrected chi connectivity index (χ0v) is 11.3. The van der Waals surface area contributed by atoms with Gasteiger partial charge in [-0.05, 0) is 17.9 Å². The second-order valence-corrected chi connectivity index (χ2v) is 5.50. The molecule has 0 bridgehead atoms. The first-order valence-corrected chi connectivity index (χ1v) is 6.56. The van der Waals surface area contributed by atoms with Crippen molar-refractivity contribution in [3.05, 3.63) is 54.2 Å². The lowest BCUT2D eigenvalue weighted by Crippen LogP contribution is -2.24. The minimum absolute atomic E-state index is 0.0371. The van der Waals surface area contributed by atoms with Crippen LogP contribution in [-0.2, 0) is 5.41 Å². The van der Waals surface area contributed by atoms with Crippen LogP contribution in [-0.4, -0.2) is 6.54 Å². The van der Waals surface area contributed by atoms with Crippen LogP contribution in [0.15, 0.2) is 48.7 Å². The molecule has 0 radical (unpaired) electrons. The fourth-order valence-corrected chi connectivity index (χ4v) is 3.03. The van der Waals surface area contributed by atoms with Gasteiger partial charge in [-0.3, -0.25) is 0 Å². The summed E-state index contributed by atoms with van der Waals surface area (Å²) in [6, 6.07) is 13.1. The van der Waals surface area contributed by atoms with E-state index in [2.05, 4.69) is 68.6 Å². The molecule has 92 valence electrons. The lowest BCUT2D eigenvalue weighted by atomic mass is 9.84. The molecule has 18 heavy (non-hydrogen) atoms. The van der Waals surface area contributed by atoms with Crippen LogP contribution < -0.4 is 4.90 Å². The highest BCUT2D eigenvalue weighted by molar-refractivity contribution is 5.99. The Labute approximate surface area is 109 Å². The Morgan fingerprint density at radius 2 is 1.83 bits per heavy atom. The average molecular weight is 237 g/mol. The second-order valence-electron chi connectivity index (χ2n) is 5.50. The molecule has 0 atom stereocenters. The van der Waals surface area contributed by atoms with Crippen molar-refractivity contribution in [2.24, 2.45) is 0 Å². The molecule has 0 fully saturated rings. The van der Waals surface area contributed by atoms with E-state index in [1.165, 1.54) is 27.7 Å². The molecule has 1 aliphatic heterocycles. The minimum Gasteiger partial charge on any atom is -0.344 e. The Bertz CT molecular complexity index is 637. The molecule has 2 aromatic carbocycles. The summed E-state index contributed by atoms with van der Waals surface area (Å²) in [5.74, 6) is 0. The standard InChI is InChI=1S/C17H19N/c1-5-18-12(2)17(3,4)15-11-10-13-8-6-7-9-14(13)16(15)18/h6-11H,2,5H2,1,3-4H3. The lowest BCUT2D eigenvalue weighted by Gasteiger charge is -2.24. The summed E-state index contributed by atoms with van der Waals surface area (Å²) in [6.45, 7) is 12.0. The summed E-state index contributed by atoms with van der Waals surface area (Å²) in [4.78, 5) is 2.36. The fraction of sp³-hybridized carbons (Fsp3) is 0.294. The lowest BCUT2D eigenvalue weighted by molar-refractivity contribution is 0.637. The fourth-order valence-electron chi connectivity index (χ4n) is 3.03. The van der Waals surface area contributed by atoms with Gasteiger partial charge in [0.1, 0.15) is 0 Å². The molecule has 0 aliphatic carbocycles. The smallest absolute Gasteiger partial charge is 0.0529 e. The molecular formula is C17H19N. The molecule has 0 spiro atoms. The van der Waals surface area contributed by atoms with E-state index in [0.717, 1.165) is 6.54 Å². The number of benzene rings is 2. The van der Waals surface area contributed by atoms with Gasteiger partial charge in [0.25, 0.3) is 0 Å². The van der Waals surface area contributed by atoms with Gasteiger partial charge in [-0.25, -0.2) is 0 Å². The van der Waals surface area contributed by atoms with E-state index in [1.54, 1.807) is 0 Å². The predicted octanol–water partition coefficient (Wildman–Crippen LogP) is 4.47. The Kier molecular flexibility index (Phi) is 2.28. The zero-order valence-electron chi connectivity index (χ0n) is 11.3. The highest BCUT2D eigenvalue weighted by Crippen LogP contribution is 2.49. The van der Waals surface area contributed by atoms with Crippen LogP contribution in [0.3, 0.4) is 0 Å². The van der Waals surface area contributed by atoms with Crippen molar-refractivity contribution in [2.45, 2.75) is 26.2 Å². The van der Waals surface area contributed by atoms with Crippen LogP contribution in [0.25, 0.3) is 10.8 Å². The number of rotatable bonds is 1. The van der Waals surface area contributed by atoms with Crippen molar-refractivity contribution in [3.63, 3.8) is 0 Å². The summed E-state index contributed by atoms with van der Waals surface area (Å²) in [5.41, 5.74) is 3.99. The van der Waals surface area contributed by atoms with Gasteiger partial charge in [-0.15, -0.1) is 0 Å². The van der Waals surface area contributed by atoms with E-state index in [-0.39, 0.29) is 5.41 Å². The summed E-state index contributed by atoms with van der Waals surface area (Å²) < 4.78 is 0. The van der Waals surface area contributed by atoms with Gasteiger partial charge in [0.2, 0.25) is 0 Å². The van der Waals surface area contributed by atoms with Crippen molar-refractivity contribution in [1.29, 1.82) is 0 Å². The molecule has 2 aromatic rings. The van der Waals surface area contributed by atoms with Crippen molar-refractivity contribution in [2.75, 3.05) is 11.4 Å². The average Bonchev–Trinajstić information content (AvgIpc) is 2.58. The molecule has 1 nitrogen and oxygen atoms in total. The maximum absolute atomic E-state index is 4.31. The number of allylic oxidation sites excluding steroid dienone is 1. The van der Waals surface area contributed by atoms with E-state index in [0.29, 0.717) is 0 Å². The number of likely N-dealkylation sites (N-methyl/N-ethyl adjacent to an activating group) is 1. The maximum Gasteiger partial charge on any atom is 0.0529 e. The van der Waals surface area contributed by atoms with Crippen molar-refractivity contribution in [3.8, 4) is 0 Å². The Morgan fingerprint density at radius 1 is 1.11 bits per heavy atom. The minimum atomic E-state index is 0.0371. The van der Waals surface area contributed by atoms with Crippen LogP contribution >= 0.6 is 0 Å². The topological polar surface area (TPSA) is 3.24 Å². The van der Waals surface area contributed by atoms with E-state index in [1.807, 2.05) is 0 Å². The largest absolute Gasteiger partial charge is 0.344 e. The number of hydrogen-bond donors (Lipinski definition) is 0. The molecule has 1 heterocycles. The van der Waals surface area contributed by atoms with Gasteiger partial charge in [-0.1, -0.05) is 56.8 Å². The molecular weight excluding hydrogens is 218 g/mol. The summed E-state index contributed by atoms with van der Waals surface area (Å²) in [7, 11) is 0. The maximum atomic E-state index is 4.31. The number of anilines is 1. The molecule has 0 unspecified atom stereocenters. The predicted molar refractivity (Wildman–Crippen MR) is 79.1 cm³/mol. The number of hydrogen-bond acceptors (Lipinski definition) is 1. The molecule has 0 saturated heterocycles. The van der Waals surface area contributed by atoms with Crippen LogP contribution in [0.1, 0.15) is 26.3 Å². The van der Waals surface area contributed by atoms with Gasteiger partial charge in [-0.2, -0.15) is 0 Å². The quantitative estimate of drug-likeness (QED) is 0.707. The van der Waals surface area contributed by atoms with E-state index >= 15 is 0 Å². The Balaban J connectivity index is 2.41. The third kappa shape index (κ3) is 1.28. The highest BCUT2D eigenvalue weighted by Gasteiger charge is 2.38. The van der Waals surface area contributed by atoms with Gasteiger partial charge in [0.15, 0.2) is 0 Å². The first kappa shape index (κ1) is 11.3. The Hall–Kier alpha value is -1.76. The van der Waals surface area contributed by atoms with Gasteiger partial charge >= 0.3 is 0 Å². The monoisotopic (exact) mass is 237 g/mol. The molecule has 3 rings (SSSR count). The van der Waals surface area contributed by atoms with E-state index in [4.69, 9.17) is 0 Å². The second kappa shape index (κ2) is 3.61. The number of nitrogens with zero attached hydrogens (tertiary/aromatic N) is 1. The SMILES string of the molecule is C=C1N(CC)c2c(ccc3ccccc23)C1(C)C. The summed E-state index contributed by atoms with van der Waals surface area (Å²) in [6.07, 6.45) is 0.